The summed E-state index contributed by atoms with van der Waals surface area (Å²) in [5.41, 5.74) is 3.90. The summed E-state index contributed by atoms with van der Waals surface area (Å²) in [6.07, 6.45) is 0. The van der Waals surface area contributed by atoms with Gasteiger partial charge < -0.3 is 20.3 Å². The standard InChI is InChI=1S/C17H30N4O/c1-14-6-7-16(15(2)12-14)13-20-17(18-3)19-8-9-21(4)10-11-22-5/h6-7,12H,8-11,13H2,1-5H3,(H2,18,19,20). The molecule has 0 atom stereocenters. The number of benzene rings is 1. The molecule has 0 aromatic heterocycles. The van der Waals surface area contributed by atoms with Crippen molar-refractivity contribution in [1.82, 2.24) is 15.5 Å². The van der Waals surface area contributed by atoms with E-state index >= 15 is 0 Å². The minimum Gasteiger partial charge on any atom is -0.383 e. The summed E-state index contributed by atoms with van der Waals surface area (Å²) in [6.45, 7) is 8.55. The number of guanidine groups is 1. The maximum absolute atomic E-state index is 5.07. The number of methoxy groups -OCH3 is 1. The third kappa shape index (κ3) is 6.91. The molecule has 0 aliphatic carbocycles. The molecule has 0 bridgehead atoms. The highest BCUT2D eigenvalue weighted by Crippen LogP contribution is 2.09. The monoisotopic (exact) mass is 306 g/mol. The molecule has 0 heterocycles. The summed E-state index contributed by atoms with van der Waals surface area (Å²) in [5.74, 6) is 0.833. The molecule has 5 nitrogen and oxygen atoms in total. The van der Waals surface area contributed by atoms with E-state index in [-0.39, 0.29) is 0 Å². The molecule has 0 unspecified atom stereocenters. The highest BCUT2D eigenvalue weighted by atomic mass is 16.5. The van der Waals surface area contributed by atoms with Gasteiger partial charge >= 0.3 is 0 Å². The molecule has 0 aliphatic heterocycles. The highest BCUT2D eigenvalue weighted by Gasteiger charge is 2.02. The van der Waals surface area contributed by atoms with Crippen molar-refractivity contribution in [2.24, 2.45) is 4.99 Å². The molecule has 1 aromatic rings. The zero-order valence-electron chi connectivity index (χ0n) is 14.6. The number of nitrogens with one attached hydrogen (secondary N) is 2. The fourth-order valence-electron chi connectivity index (χ4n) is 2.17. The van der Waals surface area contributed by atoms with Crippen LogP contribution in [0.4, 0.5) is 0 Å². The molecule has 0 amide bonds. The van der Waals surface area contributed by atoms with Crippen LogP contribution in [0.15, 0.2) is 23.2 Å². The normalized spacial score (nSPS) is 11.8. The van der Waals surface area contributed by atoms with Gasteiger partial charge in [-0.2, -0.15) is 0 Å². The SMILES string of the molecule is CN=C(NCCN(C)CCOC)NCc1ccc(C)cc1C. The van der Waals surface area contributed by atoms with E-state index in [0.717, 1.165) is 38.7 Å². The molecule has 2 N–H and O–H groups in total. The Morgan fingerprint density at radius 2 is 2.00 bits per heavy atom. The number of aliphatic imine (C=N–C) groups is 1. The Bertz CT molecular complexity index is 474. The lowest BCUT2D eigenvalue weighted by Crippen LogP contribution is -2.41. The molecule has 0 saturated heterocycles. The van der Waals surface area contributed by atoms with Gasteiger partial charge in [-0.1, -0.05) is 23.8 Å². The predicted octanol–water partition coefficient (Wildman–Crippen LogP) is 1.55. The molecule has 0 aliphatic rings. The first-order chi connectivity index (χ1) is 10.6. The Kier molecular flexibility index (Phi) is 8.55. The van der Waals surface area contributed by atoms with Crippen molar-refractivity contribution in [3.63, 3.8) is 0 Å². The number of hydrogen-bond donors (Lipinski definition) is 2. The number of nitrogens with zero attached hydrogens (tertiary/aromatic N) is 2. The summed E-state index contributed by atoms with van der Waals surface area (Å²) in [4.78, 5) is 6.49. The minimum atomic E-state index is 0.760. The first kappa shape index (κ1) is 18.5. The van der Waals surface area contributed by atoms with Crippen LogP contribution in [0.5, 0.6) is 0 Å². The highest BCUT2D eigenvalue weighted by molar-refractivity contribution is 5.79. The third-order valence-corrected chi connectivity index (χ3v) is 3.63. The van der Waals surface area contributed by atoms with Crippen molar-refractivity contribution in [2.75, 3.05) is 47.4 Å². The van der Waals surface area contributed by atoms with Gasteiger partial charge in [-0.05, 0) is 32.0 Å². The van der Waals surface area contributed by atoms with Crippen LogP contribution in [0, 0.1) is 13.8 Å². The Morgan fingerprint density at radius 1 is 1.23 bits per heavy atom. The summed E-state index contributed by atoms with van der Waals surface area (Å²) >= 11 is 0. The molecule has 0 spiro atoms. The number of rotatable bonds is 8. The number of hydrogen-bond acceptors (Lipinski definition) is 3. The van der Waals surface area contributed by atoms with E-state index in [0.29, 0.717) is 0 Å². The number of likely N-dealkylation sites (N-methyl/N-ethyl adjacent to an activating group) is 1. The van der Waals surface area contributed by atoms with Gasteiger partial charge in [0.15, 0.2) is 5.96 Å². The Balaban J connectivity index is 2.33. The van der Waals surface area contributed by atoms with Crippen LogP contribution in [-0.4, -0.2) is 58.3 Å². The quantitative estimate of drug-likeness (QED) is 0.565. The minimum absolute atomic E-state index is 0.760. The maximum Gasteiger partial charge on any atom is 0.191 e. The first-order valence-electron chi connectivity index (χ1n) is 7.75. The summed E-state index contributed by atoms with van der Waals surface area (Å²) in [6, 6.07) is 6.52. The fourth-order valence-corrected chi connectivity index (χ4v) is 2.17. The van der Waals surface area contributed by atoms with Crippen molar-refractivity contribution >= 4 is 5.96 Å². The Hall–Kier alpha value is -1.59. The van der Waals surface area contributed by atoms with E-state index < -0.39 is 0 Å². The van der Waals surface area contributed by atoms with Gasteiger partial charge in [-0.15, -0.1) is 0 Å². The van der Waals surface area contributed by atoms with Crippen LogP contribution in [-0.2, 0) is 11.3 Å². The second-order valence-corrected chi connectivity index (χ2v) is 5.58. The zero-order valence-corrected chi connectivity index (χ0v) is 14.6. The molecule has 22 heavy (non-hydrogen) atoms. The van der Waals surface area contributed by atoms with E-state index in [2.05, 4.69) is 59.6 Å². The van der Waals surface area contributed by atoms with Gasteiger partial charge in [0.05, 0.1) is 6.61 Å². The second-order valence-electron chi connectivity index (χ2n) is 5.58. The number of ether oxygens (including phenoxy) is 1. The van der Waals surface area contributed by atoms with Crippen LogP contribution in [0.25, 0.3) is 0 Å². The zero-order chi connectivity index (χ0) is 16.4. The summed E-state index contributed by atoms with van der Waals surface area (Å²) in [7, 11) is 5.61. The molecule has 0 fully saturated rings. The first-order valence-corrected chi connectivity index (χ1v) is 7.75. The molecule has 5 heteroatoms. The van der Waals surface area contributed by atoms with E-state index in [1.165, 1.54) is 16.7 Å². The molecule has 124 valence electrons. The summed E-state index contributed by atoms with van der Waals surface area (Å²) in [5, 5.41) is 6.69. The molecule has 1 aromatic carbocycles. The second kappa shape index (κ2) is 10.2. The van der Waals surface area contributed by atoms with Gasteiger partial charge in [0.25, 0.3) is 0 Å². The molecule has 0 radical (unpaired) electrons. The van der Waals surface area contributed by atoms with Crippen LogP contribution >= 0.6 is 0 Å². The van der Waals surface area contributed by atoms with Gasteiger partial charge in [0.2, 0.25) is 0 Å². The lowest BCUT2D eigenvalue weighted by atomic mass is 10.1. The number of aryl methyl sites for hydroxylation is 2. The van der Waals surface area contributed by atoms with E-state index in [1.54, 1.807) is 14.2 Å². The average Bonchev–Trinajstić information content (AvgIpc) is 2.50. The molecular formula is C17H30N4O. The van der Waals surface area contributed by atoms with Crippen molar-refractivity contribution in [2.45, 2.75) is 20.4 Å². The topological polar surface area (TPSA) is 48.9 Å². The van der Waals surface area contributed by atoms with Crippen LogP contribution < -0.4 is 10.6 Å². The van der Waals surface area contributed by atoms with Crippen LogP contribution in [0.1, 0.15) is 16.7 Å². The van der Waals surface area contributed by atoms with Crippen LogP contribution in [0.2, 0.25) is 0 Å². The van der Waals surface area contributed by atoms with Crippen molar-refractivity contribution in [3.05, 3.63) is 34.9 Å². The summed E-state index contributed by atoms with van der Waals surface area (Å²) < 4.78 is 5.07. The van der Waals surface area contributed by atoms with Crippen molar-refractivity contribution < 1.29 is 4.74 Å². The maximum atomic E-state index is 5.07. The third-order valence-electron chi connectivity index (χ3n) is 3.63. The van der Waals surface area contributed by atoms with Crippen molar-refractivity contribution in [1.29, 1.82) is 0 Å². The van der Waals surface area contributed by atoms with Gasteiger partial charge in [0.1, 0.15) is 0 Å². The average molecular weight is 306 g/mol. The Labute approximate surface area is 134 Å². The lowest BCUT2D eigenvalue weighted by molar-refractivity contribution is 0.162. The molecule has 1 rings (SSSR count). The largest absolute Gasteiger partial charge is 0.383 e. The molecular weight excluding hydrogens is 276 g/mol. The fraction of sp³-hybridized carbons (Fsp3) is 0.588. The van der Waals surface area contributed by atoms with Gasteiger partial charge in [0, 0.05) is 40.3 Å². The van der Waals surface area contributed by atoms with Crippen LogP contribution in [0.3, 0.4) is 0 Å². The van der Waals surface area contributed by atoms with E-state index in [9.17, 15) is 0 Å². The predicted molar refractivity (Wildman–Crippen MR) is 93.5 cm³/mol. The van der Waals surface area contributed by atoms with Gasteiger partial charge in [-0.25, -0.2) is 0 Å². The van der Waals surface area contributed by atoms with Gasteiger partial charge in [-0.3, -0.25) is 4.99 Å². The van der Waals surface area contributed by atoms with E-state index in [4.69, 9.17) is 4.74 Å². The Morgan fingerprint density at radius 3 is 2.64 bits per heavy atom. The molecule has 0 saturated carbocycles. The lowest BCUT2D eigenvalue weighted by Gasteiger charge is -2.18. The van der Waals surface area contributed by atoms with Crippen molar-refractivity contribution in [3.8, 4) is 0 Å². The smallest absolute Gasteiger partial charge is 0.191 e. The van der Waals surface area contributed by atoms with E-state index in [1.807, 2.05) is 0 Å².